The van der Waals surface area contributed by atoms with Crippen molar-refractivity contribution in [1.29, 1.82) is 0 Å². The Morgan fingerprint density at radius 3 is 2.70 bits per heavy atom. The first-order valence-corrected chi connectivity index (χ1v) is 6.72. The van der Waals surface area contributed by atoms with Crippen LogP contribution in [0, 0.1) is 12.7 Å². The van der Waals surface area contributed by atoms with Crippen molar-refractivity contribution in [2.45, 2.75) is 26.2 Å². The summed E-state index contributed by atoms with van der Waals surface area (Å²) in [5.41, 5.74) is 9.73. The molecule has 20 heavy (non-hydrogen) atoms. The maximum absolute atomic E-state index is 14.2. The van der Waals surface area contributed by atoms with E-state index in [9.17, 15) is 4.39 Å². The normalized spacial score (nSPS) is 15.8. The van der Waals surface area contributed by atoms with E-state index >= 15 is 0 Å². The molecule has 0 aromatic heterocycles. The van der Waals surface area contributed by atoms with Crippen LogP contribution >= 0.6 is 0 Å². The number of anilines is 1. The van der Waals surface area contributed by atoms with Crippen molar-refractivity contribution in [3.8, 4) is 16.9 Å². The Hall–Kier alpha value is -2.03. The average Bonchev–Trinajstić information content (AvgIpc) is 2.70. The number of hydrogen-bond donors (Lipinski definition) is 1. The first-order chi connectivity index (χ1) is 9.38. The Balaban J connectivity index is 2.15. The summed E-state index contributed by atoms with van der Waals surface area (Å²) in [7, 11) is 0. The van der Waals surface area contributed by atoms with Crippen LogP contribution in [0.15, 0.2) is 30.3 Å². The van der Waals surface area contributed by atoms with Gasteiger partial charge in [-0.05, 0) is 42.3 Å². The van der Waals surface area contributed by atoms with E-state index in [1.807, 2.05) is 25.1 Å². The van der Waals surface area contributed by atoms with Crippen LogP contribution in [0.2, 0.25) is 0 Å². The van der Waals surface area contributed by atoms with Gasteiger partial charge in [-0.2, -0.15) is 0 Å². The van der Waals surface area contributed by atoms with Crippen molar-refractivity contribution in [2.24, 2.45) is 0 Å². The fourth-order valence-electron chi connectivity index (χ4n) is 2.60. The topological polar surface area (TPSA) is 35.2 Å². The third-order valence-electron chi connectivity index (χ3n) is 3.96. The van der Waals surface area contributed by atoms with Gasteiger partial charge in [0.25, 0.3) is 0 Å². The third-order valence-corrected chi connectivity index (χ3v) is 3.96. The Labute approximate surface area is 118 Å². The van der Waals surface area contributed by atoms with Gasteiger partial charge in [0.2, 0.25) is 0 Å². The molecule has 2 nitrogen and oxygen atoms in total. The van der Waals surface area contributed by atoms with Gasteiger partial charge >= 0.3 is 0 Å². The molecule has 2 aromatic carbocycles. The van der Waals surface area contributed by atoms with E-state index in [-0.39, 0.29) is 11.2 Å². The van der Waals surface area contributed by atoms with E-state index in [2.05, 4.69) is 13.8 Å². The predicted octanol–water partition coefficient (Wildman–Crippen LogP) is 4.05. The van der Waals surface area contributed by atoms with Crippen molar-refractivity contribution in [3.63, 3.8) is 0 Å². The molecule has 0 bridgehead atoms. The number of halogens is 1. The SMILES string of the molecule is Cc1cc(F)c(-c2ccc3c(c2)C(C)(C)CO3)cc1N. The van der Waals surface area contributed by atoms with Crippen molar-refractivity contribution < 1.29 is 9.13 Å². The van der Waals surface area contributed by atoms with Gasteiger partial charge in [-0.15, -0.1) is 0 Å². The van der Waals surface area contributed by atoms with Crippen molar-refractivity contribution in [2.75, 3.05) is 12.3 Å². The van der Waals surface area contributed by atoms with Gasteiger partial charge in [0.05, 0.1) is 6.61 Å². The molecule has 1 heterocycles. The fourth-order valence-corrected chi connectivity index (χ4v) is 2.60. The van der Waals surface area contributed by atoms with Crippen LogP contribution in [0.4, 0.5) is 10.1 Å². The minimum absolute atomic E-state index is 0.0436. The quantitative estimate of drug-likeness (QED) is 0.794. The van der Waals surface area contributed by atoms with E-state index in [4.69, 9.17) is 10.5 Å². The maximum Gasteiger partial charge on any atom is 0.131 e. The zero-order valence-electron chi connectivity index (χ0n) is 12.0. The number of rotatable bonds is 1. The summed E-state index contributed by atoms with van der Waals surface area (Å²) in [6.45, 7) is 6.72. The van der Waals surface area contributed by atoms with Crippen LogP contribution in [-0.2, 0) is 5.41 Å². The predicted molar refractivity (Wildman–Crippen MR) is 79.5 cm³/mol. The van der Waals surface area contributed by atoms with Crippen LogP contribution in [0.1, 0.15) is 25.0 Å². The Kier molecular flexibility index (Phi) is 2.75. The molecule has 0 atom stereocenters. The molecule has 0 radical (unpaired) electrons. The summed E-state index contributed by atoms with van der Waals surface area (Å²) >= 11 is 0. The molecule has 2 N–H and O–H groups in total. The second-order valence-electron chi connectivity index (χ2n) is 6.07. The second-order valence-corrected chi connectivity index (χ2v) is 6.07. The maximum atomic E-state index is 14.2. The number of benzene rings is 2. The summed E-state index contributed by atoms with van der Waals surface area (Å²) in [4.78, 5) is 0. The molecule has 1 aliphatic rings. The largest absolute Gasteiger partial charge is 0.492 e. The van der Waals surface area contributed by atoms with Gasteiger partial charge in [0, 0.05) is 22.2 Å². The molecule has 0 saturated heterocycles. The molecule has 0 spiro atoms. The van der Waals surface area contributed by atoms with E-state index in [0.717, 1.165) is 22.4 Å². The zero-order valence-corrected chi connectivity index (χ0v) is 12.0. The Bertz CT molecular complexity index is 692. The van der Waals surface area contributed by atoms with Gasteiger partial charge in [-0.1, -0.05) is 19.9 Å². The van der Waals surface area contributed by atoms with Gasteiger partial charge in [-0.3, -0.25) is 0 Å². The first kappa shape index (κ1) is 13.0. The van der Waals surface area contributed by atoms with Gasteiger partial charge in [0.15, 0.2) is 0 Å². The highest BCUT2D eigenvalue weighted by Crippen LogP contribution is 2.41. The van der Waals surface area contributed by atoms with Gasteiger partial charge in [0.1, 0.15) is 11.6 Å². The zero-order chi connectivity index (χ0) is 14.5. The molecule has 0 aliphatic carbocycles. The summed E-state index contributed by atoms with van der Waals surface area (Å²) in [5, 5.41) is 0. The van der Waals surface area contributed by atoms with E-state index in [1.54, 1.807) is 6.07 Å². The number of nitrogens with two attached hydrogens (primary N) is 1. The van der Waals surface area contributed by atoms with Gasteiger partial charge < -0.3 is 10.5 Å². The first-order valence-electron chi connectivity index (χ1n) is 6.72. The number of hydrogen-bond acceptors (Lipinski definition) is 2. The van der Waals surface area contributed by atoms with Gasteiger partial charge in [-0.25, -0.2) is 4.39 Å². The van der Waals surface area contributed by atoms with E-state index < -0.39 is 0 Å². The molecule has 3 rings (SSSR count). The number of aryl methyl sites for hydroxylation is 1. The molecule has 0 amide bonds. The highest BCUT2D eigenvalue weighted by atomic mass is 19.1. The number of fused-ring (bicyclic) bond motifs is 1. The number of ether oxygens (including phenoxy) is 1. The van der Waals surface area contributed by atoms with Crippen molar-refractivity contribution >= 4 is 5.69 Å². The summed E-state index contributed by atoms with van der Waals surface area (Å²) < 4.78 is 19.8. The molecular formula is C17H18FNO. The lowest BCUT2D eigenvalue weighted by atomic mass is 9.85. The van der Waals surface area contributed by atoms with E-state index in [0.29, 0.717) is 17.9 Å². The minimum Gasteiger partial charge on any atom is -0.492 e. The Morgan fingerprint density at radius 2 is 1.95 bits per heavy atom. The van der Waals surface area contributed by atoms with Crippen LogP contribution in [0.5, 0.6) is 5.75 Å². The van der Waals surface area contributed by atoms with Crippen molar-refractivity contribution in [1.82, 2.24) is 0 Å². The molecule has 0 saturated carbocycles. The highest BCUT2D eigenvalue weighted by molar-refractivity contribution is 5.71. The average molecular weight is 271 g/mol. The second kappa shape index (κ2) is 4.23. The summed E-state index contributed by atoms with van der Waals surface area (Å²) in [5.74, 6) is 0.646. The summed E-state index contributed by atoms with van der Waals surface area (Å²) in [6.07, 6.45) is 0. The van der Waals surface area contributed by atoms with Crippen LogP contribution in [0.25, 0.3) is 11.1 Å². The van der Waals surface area contributed by atoms with Crippen molar-refractivity contribution in [3.05, 3.63) is 47.3 Å². The van der Waals surface area contributed by atoms with Crippen LogP contribution < -0.4 is 10.5 Å². The monoisotopic (exact) mass is 271 g/mol. The number of nitrogen functional groups attached to an aromatic ring is 1. The lowest BCUT2D eigenvalue weighted by Gasteiger charge is -2.16. The molecule has 2 aromatic rings. The fraction of sp³-hybridized carbons (Fsp3) is 0.294. The molecular weight excluding hydrogens is 253 g/mol. The van der Waals surface area contributed by atoms with Crippen LogP contribution in [-0.4, -0.2) is 6.61 Å². The standard InChI is InChI=1S/C17H18FNO/c1-10-6-14(18)12(8-15(10)19)11-4-5-16-13(7-11)17(2,3)9-20-16/h4-8H,9,19H2,1-3H3. The highest BCUT2D eigenvalue weighted by Gasteiger charge is 2.32. The van der Waals surface area contributed by atoms with Crippen LogP contribution in [0.3, 0.4) is 0 Å². The lowest BCUT2D eigenvalue weighted by Crippen LogP contribution is -2.18. The Morgan fingerprint density at radius 1 is 1.20 bits per heavy atom. The van der Waals surface area contributed by atoms with E-state index in [1.165, 1.54) is 6.07 Å². The molecule has 3 heteroatoms. The minimum atomic E-state index is -0.242. The lowest BCUT2D eigenvalue weighted by molar-refractivity contribution is 0.291. The smallest absolute Gasteiger partial charge is 0.131 e. The molecule has 1 aliphatic heterocycles. The summed E-state index contributed by atoms with van der Waals surface area (Å²) in [6, 6.07) is 8.99. The molecule has 104 valence electrons. The molecule has 0 fully saturated rings. The molecule has 0 unspecified atom stereocenters. The third kappa shape index (κ3) is 1.94.